The van der Waals surface area contributed by atoms with E-state index < -0.39 is 18.0 Å². The summed E-state index contributed by atoms with van der Waals surface area (Å²) >= 11 is 0. The van der Waals surface area contributed by atoms with E-state index in [9.17, 15) is 22.4 Å². The molecule has 1 fully saturated rings. The minimum Gasteiger partial charge on any atom is -0.475 e. The molecule has 3 N–H and O–H groups in total. The lowest BCUT2D eigenvalue weighted by molar-refractivity contribution is -0.192. The zero-order chi connectivity index (χ0) is 22.3. The normalized spacial score (nSPS) is 19.3. The van der Waals surface area contributed by atoms with Gasteiger partial charge in [-0.2, -0.15) is 13.2 Å². The number of alkyl halides is 3. The molecule has 3 rings (SSSR count). The summed E-state index contributed by atoms with van der Waals surface area (Å²) in [7, 11) is 0. The molecular weight excluding hydrogens is 408 g/mol. The van der Waals surface area contributed by atoms with Crippen molar-refractivity contribution in [1.29, 1.82) is 0 Å². The quantitative estimate of drug-likeness (QED) is 0.620. The second kappa shape index (κ2) is 10.7. The molecule has 2 unspecified atom stereocenters. The Morgan fingerprint density at radius 3 is 2.63 bits per heavy atom. The van der Waals surface area contributed by atoms with Gasteiger partial charge in [-0.1, -0.05) is 0 Å². The minimum absolute atomic E-state index is 0.0174. The van der Waals surface area contributed by atoms with Crippen LogP contribution in [0.4, 0.5) is 17.6 Å². The molecule has 2 heterocycles. The van der Waals surface area contributed by atoms with Gasteiger partial charge < -0.3 is 20.5 Å². The summed E-state index contributed by atoms with van der Waals surface area (Å²) in [5.41, 5.74) is 2.19. The van der Waals surface area contributed by atoms with Crippen molar-refractivity contribution < 1.29 is 37.0 Å². The van der Waals surface area contributed by atoms with Crippen LogP contribution in [0.15, 0.2) is 12.1 Å². The average molecular weight is 434 g/mol. The van der Waals surface area contributed by atoms with E-state index in [1.165, 1.54) is 6.07 Å². The number of nitrogens with one attached hydrogen (secondary N) is 2. The Morgan fingerprint density at radius 2 is 2.03 bits per heavy atom. The summed E-state index contributed by atoms with van der Waals surface area (Å²) in [5, 5.41) is 13.3. The molecule has 0 aromatic heterocycles. The third-order valence-electron chi connectivity index (χ3n) is 4.99. The van der Waals surface area contributed by atoms with Crippen molar-refractivity contribution in [3.63, 3.8) is 0 Å². The number of rotatable bonds is 5. The van der Waals surface area contributed by atoms with Gasteiger partial charge in [0.1, 0.15) is 5.82 Å². The molecule has 30 heavy (non-hydrogen) atoms. The first-order chi connectivity index (χ1) is 14.1. The number of hydrogen-bond acceptors (Lipinski definition) is 4. The summed E-state index contributed by atoms with van der Waals surface area (Å²) in [4.78, 5) is 21.3. The molecule has 2 atom stereocenters. The lowest BCUT2D eigenvalue weighted by atomic mass is 9.97. The zero-order valence-electron chi connectivity index (χ0n) is 16.7. The number of aliphatic carboxylic acids is 1. The highest BCUT2D eigenvalue weighted by Crippen LogP contribution is 2.20. The maximum Gasteiger partial charge on any atom is 0.490 e. The average Bonchev–Trinajstić information content (AvgIpc) is 3.19. The van der Waals surface area contributed by atoms with E-state index in [-0.39, 0.29) is 17.5 Å². The van der Waals surface area contributed by atoms with E-state index in [1.807, 2.05) is 6.92 Å². The fourth-order valence-electron chi connectivity index (χ4n) is 3.36. The predicted octanol–water partition coefficient (Wildman–Crippen LogP) is 3.18. The summed E-state index contributed by atoms with van der Waals surface area (Å²) in [6, 6.07) is 3.23. The predicted molar refractivity (Wildman–Crippen MR) is 101 cm³/mol. The third-order valence-corrected chi connectivity index (χ3v) is 4.99. The molecule has 0 radical (unpaired) electrons. The first-order valence-electron chi connectivity index (χ1n) is 9.82. The van der Waals surface area contributed by atoms with E-state index in [0.717, 1.165) is 56.4 Å². The molecule has 1 saturated heterocycles. The number of carbonyl (C=O) groups excluding carboxylic acids is 1. The molecule has 0 spiro atoms. The monoisotopic (exact) mass is 434 g/mol. The third kappa shape index (κ3) is 7.24. The van der Waals surface area contributed by atoms with Crippen LogP contribution in [0.2, 0.25) is 0 Å². The number of benzene rings is 1. The van der Waals surface area contributed by atoms with Crippen LogP contribution in [0.3, 0.4) is 0 Å². The number of carboxylic acids is 1. The summed E-state index contributed by atoms with van der Waals surface area (Å²) in [6.07, 6.45) is 0.105. The summed E-state index contributed by atoms with van der Waals surface area (Å²) in [5.74, 6) is -3.51. The Hall–Kier alpha value is -2.20. The van der Waals surface area contributed by atoms with Crippen molar-refractivity contribution in [3.8, 4) is 0 Å². The number of fused-ring (bicyclic) bond motifs is 1. The van der Waals surface area contributed by atoms with E-state index >= 15 is 0 Å². The van der Waals surface area contributed by atoms with Gasteiger partial charge in [-0.15, -0.1) is 0 Å². The fourth-order valence-corrected chi connectivity index (χ4v) is 3.36. The Bertz CT molecular complexity index is 749. The van der Waals surface area contributed by atoms with E-state index in [0.29, 0.717) is 12.6 Å². The van der Waals surface area contributed by atoms with E-state index in [2.05, 4.69) is 10.6 Å². The van der Waals surface area contributed by atoms with Crippen molar-refractivity contribution in [2.45, 2.75) is 63.9 Å². The number of carboxylic acid groups (broad SMARTS) is 1. The summed E-state index contributed by atoms with van der Waals surface area (Å²) in [6.45, 7) is 4.36. The molecule has 6 nitrogen and oxygen atoms in total. The van der Waals surface area contributed by atoms with Gasteiger partial charge in [0.25, 0.3) is 5.91 Å². The van der Waals surface area contributed by atoms with Gasteiger partial charge in [-0.05, 0) is 68.8 Å². The summed E-state index contributed by atoms with van der Waals surface area (Å²) < 4.78 is 51.5. The topological polar surface area (TPSA) is 87.7 Å². The Balaban J connectivity index is 0.000000396. The first-order valence-corrected chi connectivity index (χ1v) is 9.82. The molecule has 168 valence electrons. The number of hydrogen-bond donors (Lipinski definition) is 3. The lowest BCUT2D eigenvalue weighted by Crippen LogP contribution is -2.34. The highest BCUT2D eigenvalue weighted by Gasteiger charge is 2.38. The molecule has 1 aromatic rings. The molecule has 2 aliphatic rings. The standard InChI is InChI=1S/C18H25FN2O2.C2HF3O2/c1-12(4-5-15-3-2-8-23-15)21-18(22)16-9-13-6-7-20-11-14(13)10-17(16)19;3-2(4,5)1(6)7/h9-10,12,15,20H,2-8,11H2,1H3,(H,21,22);(H,6,7). The van der Waals surface area contributed by atoms with E-state index in [4.69, 9.17) is 14.6 Å². The molecule has 2 aliphatic heterocycles. The van der Waals surface area contributed by atoms with Gasteiger partial charge in [0.05, 0.1) is 11.7 Å². The van der Waals surface area contributed by atoms with Crippen LogP contribution < -0.4 is 10.6 Å². The van der Waals surface area contributed by atoms with Crippen LogP contribution >= 0.6 is 0 Å². The molecule has 0 aliphatic carbocycles. The molecule has 10 heteroatoms. The SMILES string of the molecule is CC(CCC1CCCO1)NC(=O)c1cc2c(cc1F)CNCC2.O=C(O)C(F)(F)F. The Morgan fingerprint density at radius 1 is 1.33 bits per heavy atom. The van der Waals surface area contributed by atoms with E-state index in [1.54, 1.807) is 6.07 Å². The van der Waals surface area contributed by atoms with Gasteiger partial charge in [-0.25, -0.2) is 9.18 Å². The number of carbonyl (C=O) groups is 2. The maximum atomic E-state index is 14.2. The molecule has 1 amide bonds. The van der Waals surface area contributed by atoms with Crippen molar-refractivity contribution in [3.05, 3.63) is 34.6 Å². The van der Waals surface area contributed by atoms with Crippen LogP contribution in [0.5, 0.6) is 0 Å². The number of halogens is 4. The maximum absolute atomic E-state index is 14.2. The molecule has 0 saturated carbocycles. The van der Waals surface area contributed by atoms with Crippen LogP contribution in [0, 0.1) is 5.82 Å². The Kier molecular flexibility index (Phi) is 8.60. The van der Waals surface area contributed by atoms with Crippen LogP contribution in [0.25, 0.3) is 0 Å². The van der Waals surface area contributed by atoms with Crippen LogP contribution in [-0.4, -0.2) is 48.5 Å². The smallest absolute Gasteiger partial charge is 0.475 e. The highest BCUT2D eigenvalue weighted by atomic mass is 19.4. The van der Waals surface area contributed by atoms with Crippen molar-refractivity contribution in [1.82, 2.24) is 10.6 Å². The van der Waals surface area contributed by atoms with Gasteiger partial charge in [0.2, 0.25) is 0 Å². The van der Waals surface area contributed by atoms with Crippen molar-refractivity contribution in [2.24, 2.45) is 0 Å². The minimum atomic E-state index is -5.08. The zero-order valence-corrected chi connectivity index (χ0v) is 16.7. The molecule has 1 aromatic carbocycles. The van der Waals surface area contributed by atoms with Gasteiger partial charge in [0, 0.05) is 19.2 Å². The van der Waals surface area contributed by atoms with Gasteiger partial charge in [-0.3, -0.25) is 4.79 Å². The first kappa shape index (κ1) is 24.1. The largest absolute Gasteiger partial charge is 0.490 e. The molecular formula is C20H26F4N2O4. The number of ether oxygens (including phenoxy) is 1. The van der Waals surface area contributed by atoms with Gasteiger partial charge >= 0.3 is 12.1 Å². The van der Waals surface area contributed by atoms with Gasteiger partial charge in [0.15, 0.2) is 0 Å². The second-order valence-electron chi connectivity index (χ2n) is 7.42. The Labute approximate surface area is 172 Å². The fraction of sp³-hybridized carbons (Fsp3) is 0.600. The van der Waals surface area contributed by atoms with Crippen molar-refractivity contribution >= 4 is 11.9 Å². The second-order valence-corrected chi connectivity index (χ2v) is 7.42. The number of amides is 1. The van der Waals surface area contributed by atoms with Crippen molar-refractivity contribution in [2.75, 3.05) is 13.2 Å². The highest BCUT2D eigenvalue weighted by molar-refractivity contribution is 5.95. The lowest BCUT2D eigenvalue weighted by Gasteiger charge is -2.20. The van der Waals surface area contributed by atoms with Crippen LogP contribution in [-0.2, 0) is 22.5 Å². The van der Waals surface area contributed by atoms with Crippen LogP contribution in [0.1, 0.15) is 54.1 Å². The molecule has 0 bridgehead atoms.